The Morgan fingerprint density at radius 3 is 2.80 bits per heavy atom. The normalized spacial score (nSPS) is 35.3. The van der Waals surface area contributed by atoms with E-state index < -0.39 is 0 Å². The summed E-state index contributed by atoms with van der Waals surface area (Å²) in [6.07, 6.45) is 5.94. The number of hydrogen-bond acceptors (Lipinski definition) is 1. The van der Waals surface area contributed by atoms with Crippen LogP contribution < -0.4 is 0 Å². The first kappa shape index (κ1) is 11.4. The summed E-state index contributed by atoms with van der Waals surface area (Å²) in [5, 5.41) is 1.02. The molecule has 1 saturated carbocycles. The van der Waals surface area contributed by atoms with Gasteiger partial charge in [0.1, 0.15) is 0 Å². The van der Waals surface area contributed by atoms with E-state index in [0.717, 1.165) is 24.7 Å². The molecule has 2 rings (SSSR count). The molecule has 0 aromatic rings. The number of carbonyl (C=O) groups excluding carboxylic acids is 1. The fourth-order valence-corrected chi connectivity index (χ4v) is 3.12. The standard InChI is InChI=1S/C12H20BrNO/c1-9-8-11(9)12(15)14-7-3-2-4-10(14)5-6-13/h9-11H,2-8H2,1H3. The molecule has 0 N–H and O–H groups in total. The monoisotopic (exact) mass is 273 g/mol. The van der Waals surface area contributed by atoms with Crippen molar-refractivity contribution >= 4 is 21.8 Å². The fourth-order valence-electron chi connectivity index (χ4n) is 2.60. The molecule has 0 aromatic carbocycles. The van der Waals surface area contributed by atoms with Crippen LogP contribution in [-0.2, 0) is 4.79 Å². The highest BCUT2D eigenvalue weighted by molar-refractivity contribution is 9.09. The van der Waals surface area contributed by atoms with Gasteiger partial charge < -0.3 is 4.90 Å². The molecule has 1 saturated heterocycles. The largest absolute Gasteiger partial charge is 0.339 e. The molecule has 1 amide bonds. The van der Waals surface area contributed by atoms with Gasteiger partial charge in [-0.3, -0.25) is 4.79 Å². The summed E-state index contributed by atoms with van der Waals surface area (Å²) in [5.41, 5.74) is 0. The Balaban J connectivity index is 1.94. The van der Waals surface area contributed by atoms with E-state index in [1.54, 1.807) is 0 Å². The lowest BCUT2D eigenvalue weighted by Gasteiger charge is -2.36. The van der Waals surface area contributed by atoms with Crippen molar-refractivity contribution in [2.75, 3.05) is 11.9 Å². The van der Waals surface area contributed by atoms with Crippen LogP contribution in [0.5, 0.6) is 0 Å². The van der Waals surface area contributed by atoms with Gasteiger partial charge in [-0.15, -0.1) is 0 Å². The third-order valence-corrected chi connectivity index (χ3v) is 4.24. The molecule has 0 spiro atoms. The first-order valence-corrected chi connectivity index (χ1v) is 7.22. The molecule has 2 aliphatic rings. The van der Waals surface area contributed by atoms with Gasteiger partial charge in [0.25, 0.3) is 0 Å². The molecular formula is C12H20BrNO. The predicted molar refractivity (Wildman–Crippen MR) is 65.0 cm³/mol. The number of likely N-dealkylation sites (tertiary alicyclic amines) is 1. The molecule has 1 heterocycles. The topological polar surface area (TPSA) is 20.3 Å². The Morgan fingerprint density at radius 1 is 1.47 bits per heavy atom. The zero-order valence-corrected chi connectivity index (χ0v) is 11.0. The minimum Gasteiger partial charge on any atom is -0.339 e. The van der Waals surface area contributed by atoms with E-state index in [0.29, 0.717) is 23.8 Å². The van der Waals surface area contributed by atoms with Crippen LogP contribution in [0.2, 0.25) is 0 Å². The number of amides is 1. The average molecular weight is 274 g/mol. The van der Waals surface area contributed by atoms with Crippen LogP contribution >= 0.6 is 15.9 Å². The van der Waals surface area contributed by atoms with Gasteiger partial charge in [-0.05, 0) is 38.0 Å². The molecule has 3 heteroatoms. The maximum atomic E-state index is 12.2. The lowest BCUT2D eigenvalue weighted by molar-refractivity contribution is -0.136. The first-order valence-electron chi connectivity index (χ1n) is 6.10. The molecule has 2 fully saturated rings. The summed E-state index contributed by atoms with van der Waals surface area (Å²) in [6, 6.07) is 0.512. The van der Waals surface area contributed by atoms with Crippen molar-refractivity contribution in [1.29, 1.82) is 0 Å². The summed E-state index contributed by atoms with van der Waals surface area (Å²) < 4.78 is 0. The van der Waals surface area contributed by atoms with Crippen molar-refractivity contribution in [1.82, 2.24) is 4.90 Å². The average Bonchev–Trinajstić information content (AvgIpc) is 2.96. The van der Waals surface area contributed by atoms with Gasteiger partial charge in [-0.25, -0.2) is 0 Å². The van der Waals surface area contributed by atoms with Crippen LogP contribution in [-0.4, -0.2) is 28.7 Å². The van der Waals surface area contributed by atoms with Crippen LogP contribution in [0.25, 0.3) is 0 Å². The van der Waals surface area contributed by atoms with Crippen molar-refractivity contribution in [3.05, 3.63) is 0 Å². The molecule has 15 heavy (non-hydrogen) atoms. The van der Waals surface area contributed by atoms with E-state index >= 15 is 0 Å². The van der Waals surface area contributed by atoms with Crippen LogP contribution in [0, 0.1) is 11.8 Å². The smallest absolute Gasteiger partial charge is 0.226 e. The third-order valence-electron chi connectivity index (χ3n) is 3.78. The zero-order valence-electron chi connectivity index (χ0n) is 9.42. The predicted octanol–water partition coefficient (Wildman–Crippen LogP) is 2.81. The van der Waals surface area contributed by atoms with Gasteiger partial charge in [0, 0.05) is 23.8 Å². The lowest BCUT2D eigenvalue weighted by Crippen LogP contribution is -2.44. The van der Waals surface area contributed by atoms with Gasteiger partial charge in [0.05, 0.1) is 0 Å². The molecule has 0 radical (unpaired) electrons. The third kappa shape index (κ3) is 2.55. The SMILES string of the molecule is CC1CC1C(=O)N1CCCCC1CCBr. The van der Waals surface area contributed by atoms with Crippen molar-refractivity contribution in [2.24, 2.45) is 11.8 Å². The quantitative estimate of drug-likeness (QED) is 0.725. The van der Waals surface area contributed by atoms with Gasteiger partial charge in [0.2, 0.25) is 5.91 Å². The van der Waals surface area contributed by atoms with E-state index in [1.165, 1.54) is 19.3 Å². The molecule has 0 bridgehead atoms. The molecule has 2 nitrogen and oxygen atoms in total. The van der Waals surface area contributed by atoms with E-state index in [1.807, 2.05) is 0 Å². The molecule has 1 aliphatic carbocycles. The molecule has 86 valence electrons. The Bertz CT molecular complexity index is 242. The Hall–Kier alpha value is -0.0500. The van der Waals surface area contributed by atoms with E-state index in [9.17, 15) is 4.79 Å². The summed E-state index contributed by atoms with van der Waals surface area (Å²) >= 11 is 3.49. The maximum absolute atomic E-state index is 12.2. The Morgan fingerprint density at radius 2 is 2.20 bits per heavy atom. The number of alkyl halides is 1. The zero-order chi connectivity index (χ0) is 10.8. The highest BCUT2D eigenvalue weighted by Gasteiger charge is 2.43. The summed E-state index contributed by atoms with van der Waals surface area (Å²) in [6.45, 7) is 3.19. The molecule has 1 aliphatic heterocycles. The first-order chi connectivity index (χ1) is 7.24. The van der Waals surface area contributed by atoms with Crippen LogP contribution in [0.3, 0.4) is 0 Å². The minimum atomic E-state index is 0.362. The highest BCUT2D eigenvalue weighted by Crippen LogP contribution is 2.40. The second-order valence-corrected chi connectivity index (χ2v) is 5.77. The summed E-state index contributed by atoms with van der Waals surface area (Å²) in [5.74, 6) is 1.44. The molecular weight excluding hydrogens is 254 g/mol. The Labute approximate surface area is 101 Å². The Kier molecular flexibility index (Phi) is 3.70. The number of halogens is 1. The molecule has 3 atom stereocenters. The number of nitrogens with zero attached hydrogens (tertiary/aromatic N) is 1. The minimum absolute atomic E-state index is 0.362. The maximum Gasteiger partial charge on any atom is 0.226 e. The highest BCUT2D eigenvalue weighted by atomic mass is 79.9. The van der Waals surface area contributed by atoms with Crippen molar-refractivity contribution in [3.63, 3.8) is 0 Å². The van der Waals surface area contributed by atoms with E-state index in [4.69, 9.17) is 0 Å². The van der Waals surface area contributed by atoms with Gasteiger partial charge in [-0.2, -0.15) is 0 Å². The second-order valence-electron chi connectivity index (χ2n) is 4.98. The molecule has 0 aromatic heterocycles. The summed E-state index contributed by atoms with van der Waals surface area (Å²) in [4.78, 5) is 14.3. The molecule has 3 unspecified atom stereocenters. The van der Waals surface area contributed by atoms with Crippen molar-refractivity contribution in [2.45, 2.75) is 45.1 Å². The van der Waals surface area contributed by atoms with Crippen molar-refractivity contribution in [3.8, 4) is 0 Å². The number of rotatable bonds is 3. The lowest BCUT2D eigenvalue weighted by atomic mass is 9.99. The van der Waals surface area contributed by atoms with Crippen molar-refractivity contribution < 1.29 is 4.79 Å². The van der Waals surface area contributed by atoms with Crippen LogP contribution in [0.1, 0.15) is 39.0 Å². The van der Waals surface area contributed by atoms with E-state index in [-0.39, 0.29) is 0 Å². The van der Waals surface area contributed by atoms with Crippen LogP contribution in [0.4, 0.5) is 0 Å². The fraction of sp³-hybridized carbons (Fsp3) is 0.917. The van der Waals surface area contributed by atoms with Gasteiger partial charge in [-0.1, -0.05) is 22.9 Å². The summed E-state index contributed by atoms with van der Waals surface area (Å²) in [7, 11) is 0. The number of carbonyl (C=O) groups is 1. The number of hydrogen-bond donors (Lipinski definition) is 0. The van der Waals surface area contributed by atoms with Gasteiger partial charge >= 0.3 is 0 Å². The van der Waals surface area contributed by atoms with E-state index in [2.05, 4.69) is 27.8 Å². The van der Waals surface area contributed by atoms with Crippen LogP contribution in [0.15, 0.2) is 0 Å². The number of piperidine rings is 1. The second kappa shape index (κ2) is 4.86. The van der Waals surface area contributed by atoms with Gasteiger partial charge in [0.15, 0.2) is 0 Å².